The van der Waals surface area contributed by atoms with Gasteiger partial charge in [0.2, 0.25) is 0 Å². The van der Waals surface area contributed by atoms with Gasteiger partial charge in [-0.3, -0.25) is 10.1 Å². The number of phenols is 1. The number of hydrogen-bond donors (Lipinski definition) is 2. The lowest BCUT2D eigenvalue weighted by atomic mass is 10.1. The molecule has 1 fully saturated rings. The normalized spacial score (nSPS) is 13.7. The molecule has 0 saturated carbocycles. The standard InChI is InChI=1S/C23H28N2O7/c1-23(2,3)32-22(28)24-14-6-8-15(9-7-14)31-17-12-25(13-17)21(27)20-18(26)10-16(29-4)11-19(20)30-5/h6-11,17,26H,12-13H2,1-5H3,(H,24,28). The fraction of sp³-hybridized carbons (Fsp3) is 0.391. The van der Waals surface area contributed by atoms with Gasteiger partial charge in [-0.25, -0.2) is 4.79 Å². The van der Waals surface area contributed by atoms with Crippen LogP contribution in [0.1, 0.15) is 31.1 Å². The molecule has 9 heteroatoms. The van der Waals surface area contributed by atoms with Crippen molar-refractivity contribution in [3.8, 4) is 23.0 Å². The Morgan fingerprint density at radius 3 is 2.25 bits per heavy atom. The molecule has 1 aliphatic rings. The predicted octanol–water partition coefficient (Wildman–Crippen LogP) is 3.66. The first-order chi connectivity index (χ1) is 15.1. The summed E-state index contributed by atoms with van der Waals surface area (Å²) in [6.07, 6.45) is -0.716. The van der Waals surface area contributed by atoms with Crippen molar-refractivity contribution in [1.82, 2.24) is 4.90 Å². The predicted molar refractivity (Wildman–Crippen MR) is 118 cm³/mol. The van der Waals surface area contributed by atoms with E-state index in [1.54, 1.807) is 56.0 Å². The number of anilines is 1. The van der Waals surface area contributed by atoms with Gasteiger partial charge in [0.15, 0.2) is 0 Å². The van der Waals surface area contributed by atoms with Crippen molar-refractivity contribution < 1.29 is 33.6 Å². The first-order valence-electron chi connectivity index (χ1n) is 10.1. The molecule has 9 nitrogen and oxygen atoms in total. The summed E-state index contributed by atoms with van der Waals surface area (Å²) in [6, 6.07) is 9.80. The molecule has 172 valence electrons. The number of benzene rings is 2. The van der Waals surface area contributed by atoms with Crippen LogP contribution in [-0.4, -0.2) is 61.0 Å². The molecule has 0 spiro atoms. The van der Waals surface area contributed by atoms with E-state index in [1.807, 2.05) is 0 Å². The highest BCUT2D eigenvalue weighted by Crippen LogP contribution is 2.35. The number of ether oxygens (including phenoxy) is 4. The van der Waals surface area contributed by atoms with Crippen molar-refractivity contribution in [2.75, 3.05) is 32.6 Å². The Bertz CT molecular complexity index is 977. The fourth-order valence-electron chi connectivity index (χ4n) is 3.14. The summed E-state index contributed by atoms with van der Waals surface area (Å²) < 4.78 is 21.4. The van der Waals surface area contributed by atoms with E-state index in [0.29, 0.717) is 30.3 Å². The Kier molecular flexibility index (Phi) is 6.67. The molecule has 0 unspecified atom stereocenters. The average molecular weight is 444 g/mol. The van der Waals surface area contributed by atoms with Crippen LogP contribution in [-0.2, 0) is 4.74 Å². The van der Waals surface area contributed by atoms with Gasteiger partial charge in [-0.15, -0.1) is 0 Å². The van der Waals surface area contributed by atoms with Crippen molar-refractivity contribution in [2.45, 2.75) is 32.5 Å². The van der Waals surface area contributed by atoms with E-state index >= 15 is 0 Å². The maximum Gasteiger partial charge on any atom is 0.412 e. The molecule has 1 aliphatic heterocycles. The first kappa shape index (κ1) is 23.1. The number of rotatable bonds is 6. The monoisotopic (exact) mass is 444 g/mol. The van der Waals surface area contributed by atoms with Crippen LogP contribution in [0.3, 0.4) is 0 Å². The lowest BCUT2D eigenvalue weighted by Gasteiger charge is -2.39. The molecule has 2 N–H and O–H groups in total. The van der Waals surface area contributed by atoms with E-state index in [2.05, 4.69) is 5.32 Å². The summed E-state index contributed by atoms with van der Waals surface area (Å²) in [5.74, 6) is 0.693. The highest BCUT2D eigenvalue weighted by molar-refractivity contribution is 6.00. The number of hydrogen-bond acceptors (Lipinski definition) is 7. The summed E-state index contributed by atoms with van der Waals surface area (Å²) in [5.41, 5.74) is 0.0937. The van der Waals surface area contributed by atoms with Crippen LogP contribution < -0.4 is 19.5 Å². The molecule has 0 aliphatic carbocycles. The van der Waals surface area contributed by atoms with Crippen molar-refractivity contribution in [3.05, 3.63) is 42.0 Å². The summed E-state index contributed by atoms with van der Waals surface area (Å²) in [5, 5.41) is 12.9. The second-order valence-electron chi connectivity index (χ2n) is 8.33. The van der Waals surface area contributed by atoms with Gasteiger partial charge in [-0.1, -0.05) is 0 Å². The van der Waals surface area contributed by atoms with Gasteiger partial charge in [0.25, 0.3) is 5.91 Å². The molecule has 3 rings (SSSR count). The SMILES string of the molecule is COc1cc(O)c(C(=O)N2CC(Oc3ccc(NC(=O)OC(C)(C)C)cc3)C2)c(OC)c1. The molecule has 0 radical (unpaired) electrons. The third-order valence-corrected chi connectivity index (χ3v) is 4.66. The number of aromatic hydroxyl groups is 1. The minimum Gasteiger partial charge on any atom is -0.507 e. The Labute approximate surface area is 186 Å². The lowest BCUT2D eigenvalue weighted by molar-refractivity contribution is 0.0173. The van der Waals surface area contributed by atoms with Gasteiger partial charge in [-0.05, 0) is 45.0 Å². The molecule has 2 aromatic carbocycles. The zero-order valence-corrected chi connectivity index (χ0v) is 18.8. The maximum absolute atomic E-state index is 12.8. The van der Waals surface area contributed by atoms with Crippen molar-refractivity contribution >= 4 is 17.7 Å². The zero-order valence-electron chi connectivity index (χ0n) is 18.8. The van der Waals surface area contributed by atoms with Gasteiger partial charge in [0.1, 0.15) is 40.3 Å². The average Bonchev–Trinajstić information content (AvgIpc) is 2.68. The molecule has 32 heavy (non-hydrogen) atoms. The second-order valence-corrected chi connectivity index (χ2v) is 8.33. The number of carbonyl (C=O) groups is 2. The van der Waals surface area contributed by atoms with Gasteiger partial charge < -0.3 is 29.0 Å². The molecule has 1 saturated heterocycles. The number of phenolic OH excluding ortho intramolecular Hbond substituents is 1. The van der Waals surface area contributed by atoms with E-state index in [-0.39, 0.29) is 29.1 Å². The van der Waals surface area contributed by atoms with Crippen LogP contribution in [0.5, 0.6) is 23.0 Å². The van der Waals surface area contributed by atoms with E-state index in [9.17, 15) is 14.7 Å². The number of methoxy groups -OCH3 is 2. The number of likely N-dealkylation sites (tertiary alicyclic amines) is 1. The number of amides is 2. The zero-order chi connectivity index (χ0) is 23.5. The number of nitrogens with one attached hydrogen (secondary N) is 1. The van der Waals surface area contributed by atoms with Crippen molar-refractivity contribution in [1.29, 1.82) is 0 Å². The minimum atomic E-state index is -0.576. The van der Waals surface area contributed by atoms with E-state index in [1.165, 1.54) is 20.3 Å². The number of nitrogens with zero attached hydrogens (tertiary/aromatic N) is 1. The summed E-state index contributed by atoms with van der Waals surface area (Å²) in [7, 11) is 2.89. The molecule has 0 aromatic heterocycles. The summed E-state index contributed by atoms with van der Waals surface area (Å²) in [4.78, 5) is 26.2. The highest BCUT2D eigenvalue weighted by Gasteiger charge is 2.35. The minimum absolute atomic E-state index is 0.0873. The third kappa shape index (κ3) is 5.54. The van der Waals surface area contributed by atoms with Gasteiger partial charge in [0, 0.05) is 17.8 Å². The largest absolute Gasteiger partial charge is 0.507 e. The smallest absolute Gasteiger partial charge is 0.412 e. The Hall–Kier alpha value is -3.62. The van der Waals surface area contributed by atoms with E-state index in [4.69, 9.17) is 18.9 Å². The van der Waals surface area contributed by atoms with Gasteiger partial charge in [0.05, 0.1) is 27.3 Å². The van der Waals surface area contributed by atoms with Crippen LogP contribution in [0, 0.1) is 0 Å². The van der Waals surface area contributed by atoms with Crippen LogP contribution in [0.4, 0.5) is 10.5 Å². The Morgan fingerprint density at radius 1 is 1.03 bits per heavy atom. The molecule has 0 atom stereocenters. The lowest BCUT2D eigenvalue weighted by Crippen LogP contribution is -2.56. The van der Waals surface area contributed by atoms with Gasteiger partial charge in [-0.2, -0.15) is 0 Å². The number of carbonyl (C=O) groups excluding carboxylic acids is 2. The Balaban J connectivity index is 1.54. The van der Waals surface area contributed by atoms with E-state index < -0.39 is 11.7 Å². The molecule has 1 heterocycles. The third-order valence-electron chi connectivity index (χ3n) is 4.66. The van der Waals surface area contributed by atoms with Crippen molar-refractivity contribution in [2.24, 2.45) is 0 Å². The molecule has 2 aromatic rings. The molecule has 0 bridgehead atoms. The molecular formula is C23H28N2O7. The maximum atomic E-state index is 12.8. The van der Waals surface area contributed by atoms with E-state index in [0.717, 1.165) is 0 Å². The first-order valence-corrected chi connectivity index (χ1v) is 10.1. The topological polar surface area (TPSA) is 107 Å². The van der Waals surface area contributed by atoms with Crippen LogP contribution in [0.15, 0.2) is 36.4 Å². The Morgan fingerprint density at radius 2 is 1.69 bits per heavy atom. The molecular weight excluding hydrogens is 416 g/mol. The highest BCUT2D eigenvalue weighted by atomic mass is 16.6. The second kappa shape index (κ2) is 9.25. The van der Waals surface area contributed by atoms with Gasteiger partial charge >= 0.3 is 6.09 Å². The fourth-order valence-corrected chi connectivity index (χ4v) is 3.14. The van der Waals surface area contributed by atoms with Crippen molar-refractivity contribution in [3.63, 3.8) is 0 Å². The summed E-state index contributed by atoms with van der Waals surface area (Å²) in [6.45, 7) is 6.11. The quantitative estimate of drug-likeness (QED) is 0.700. The van der Waals surface area contributed by atoms with Crippen LogP contribution >= 0.6 is 0 Å². The molecule has 2 amide bonds. The van der Waals surface area contributed by atoms with Crippen LogP contribution in [0.25, 0.3) is 0 Å². The van der Waals surface area contributed by atoms with Crippen LogP contribution in [0.2, 0.25) is 0 Å². The summed E-state index contributed by atoms with van der Waals surface area (Å²) >= 11 is 0.